The van der Waals surface area contributed by atoms with Crippen molar-refractivity contribution in [2.24, 2.45) is 5.92 Å². The van der Waals surface area contributed by atoms with E-state index in [1.165, 1.54) is 12.1 Å². The van der Waals surface area contributed by atoms with Crippen LogP contribution in [0.5, 0.6) is 0 Å². The van der Waals surface area contributed by atoms with E-state index in [1.807, 2.05) is 0 Å². The van der Waals surface area contributed by atoms with Gasteiger partial charge in [0.25, 0.3) is 0 Å². The van der Waals surface area contributed by atoms with Crippen molar-refractivity contribution in [3.8, 4) is 0 Å². The second-order valence-corrected chi connectivity index (χ2v) is 6.43. The Morgan fingerprint density at radius 3 is 3.04 bits per heavy atom. The van der Waals surface area contributed by atoms with Crippen molar-refractivity contribution in [2.75, 3.05) is 33.4 Å². The molecule has 2 saturated heterocycles. The van der Waals surface area contributed by atoms with E-state index in [-0.39, 0.29) is 42.1 Å². The molecule has 2 heterocycles. The number of amides is 2. The van der Waals surface area contributed by atoms with Crippen molar-refractivity contribution in [3.05, 3.63) is 35.6 Å². The van der Waals surface area contributed by atoms with Gasteiger partial charge in [-0.15, -0.1) is 0 Å². The summed E-state index contributed by atoms with van der Waals surface area (Å²) >= 11 is 0. The second-order valence-electron chi connectivity index (χ2n) is 6.43. The molecule has 0 spiro atoms. The summed E-state index contributed by atoms with van der Waals surface area (Å²) in [6.07, 6.45) is 0.583. The van der Waals surface area contributed by atoms with Crippen molar-refractivity contribution in [1.29, 1.82) is 0 Å². The average molecular weight is 350 g/mol. The topological polar surface area (TPSA) is 67.9 Å². The molecule has 6 nitrogen and oxygen atoms in total. The highest BCUT2D eigenvalue weighted by atomic mass is 19.1. The molecule has 2 aliphatic rings. The molecule has 0 aliphatic carbocycles. The van der Waals surface area contributed by atoms with Crippen LogP contribution in [0, 0.1) is 11.7 Å². The Bertz CT molecular complexity index is 639. The molecule has 1 N–H and O–H groups in total. The zero-order chi connectivity index (χ0) is 17.8. The molecular formula is C18H23FN2O4. The number of fused-ring (bicyclic) bond motifs is 1. The second kappa shape index (κ2) is 7.93. The third kappa shape index (κ3) is 3.99. The smallest absolute Gasteiger partial charge is 0.227 e. The number of rotatable bonds is 6. The summed E-state index contributed by atoms with van der Waals surface area (Å²) in [5, 5.41) is 2.82. The lowest BCUT2D eigenvalue weighted by Gasteiger charge is -2.22. The molecule has 0 unspecified atom stereocenters. The van der Waals surface area contributed by atoms with E-state index in [2.05, 4.69) is 5.32 Å². The molecule has 2 fully saturated rings. The lowest BCUT2D eigenvalue weighted by atomic mass is 10.0. The number of ether oxygens (including phenoxy) is 2. The van der Waals surface area contributed by atoms with Crippen molar-refractivity contribution in [1.82, 2.24) is 10.2 Å². The maximum Gasteiger partial charge on any atom is 0.227 e. The van der Waals surface area contributed by atoms with Gasteiger partial charge in [-0.25, -0.2) is 4.39 Å². The van der Waals surface area contributed by atoms with Crippen molar-refractivity contribution in [2.45, 2.75) is 25.0 Å². The Balaban J connectivity index is 1.65. The van der Waals surface area contributed by atoms with E-state index >= 15 is 0 Å². The number of carbonyl (C=O) groups is 2. The van der Waals surface area contributed by atoms with E-state index in [1.54, 1.807) is 24.1 Å². The summed E-state index contributed by atoms with van der Waals surface area (Å²) < 4.78 is 24.0. The van der Waals surface area contributed by atoms with E-state index in [9.17, 15) is 14.0 Å². The zero-order valence-corrected chi connectivity index (χ0v) is 14.2. The lowest BCUT2D eigenvalue weighted by molar-refractivity contribution is -0.131. The van der Waals surface area contributed by atoms with Gasteiger partial charge in [0.1, 0.15) is 5.82 Å². The number of halogens is 1. The fourth-order valence-corrected chi connectivity index (χ4v) is 3.62. The molecule has 1 aromatic carbocycles. The Morgan fingerprint density at radius 1 is 1.44 bits per heavy atom. The highest BCUT2D eigenvalue weighted by molar-refractivity contribution is 5.84. The first kappa shape index (κ1) is 17.8. The maximum absolute atomic E-state index is 13.3. The quantitative estimate of drug-likeness (QED) is 0.769. The molecule has 1 aromatic rings. The minimum absolute atomic E-state index is 0.0840. The van der Waals surface area contributed by atoms with Crippen LogP contribution < -0.4 is 5.32 Å². The third-order valence-corrected chi connectivity index (χ3v) is 4.80. The molecule has 0 saturated carbocycles. The number of hydrogen-bond donors (Lipinski definition) is 1. The van der Waals surface area contributed by atoms with Crippen LogP contribution in [-0.2, 0) is 25.5 Å². The fraction of sp³-hybridized carbons (Fsp3) is 0.556. The van der Waals surface area contributed by atoms with Crippen LogP contribution in [0.3, 0.4) is 0 Å². The number of likely N-dealkylation sites (tertiary alicyclic amines) is 1. The predicted molar refractivity (Wildman–Crippen MR) is 88.3 cm³/mol. The molecule has 0 aromatic heterocycles. The highest BCUT2D eigenvalue weighted by Crippen LogP contribution is 2.34. The summed E-state index contributed by atoms with van der Waals surface area (Å²) in [5.41, 5.74) is 0.633. The summed E-state index contributed by atoms with van der Waals surface area (Å²) in [6, 6.07) is 5.96. The van der Waals surface area contributed by atoms with Gasteiger partial charge in [0.05, 0.1) is 31.1 Å². The van der Waals surface area contributed by atoms with Crippen LogP contribution in [0.15, 0.2) is 24.3 Å². The Labute approximate surface area is 146 Å². The Kier molecular flexibility index (Phi) is 5.65. The first-order valence-corrected chi connectivity index (χ1v) is 8.52. The predicted octanol–water partition coefficient (Wildman–Crippen LogP) is 0.747. The van der Waals surface area contributed by atoms with Crippen LogP contribution in [0.2, 0.25) is 0 Å². The molecular weight excluding hydrogens is 327 g/mol. The summed E-state index contributed by atoms with van der Waals surface area (Å²) in [4.78, 5) is 26.8. The summed E-state index contributed by atoms with van der Waals surface area (Å²) in [5.74, 6) is -0.946. The SMILES string of the molecule is COCCNC(=O)[C@H]1CN(C(=O)Cc2cccc(F)c2)[C@@H]2CCO[C@H]12. The van der Waals surface area contributed by atoms with Crippen LogP contribution in [-0.4, -0.2) is 62.3 Å². The Hall–Kier alpha value is -1.99. The first-order chi connectivity index (χ1) is 12.1. The van der Waals surface area contributed by atoms with Gasteiger partial charge in [-0.05, 0) is 24.1 Å². The van der Waals surface area contributed by atoms with E-state index < -0.39 is 0 Å². The van der Waals surface area contributed by atoms with Crippen LogP contribution in [0.25, 0.3) is 0 Å². The van der Waals surface area contributed by atoms with Gasteiger partial charge >= 0.3 is 0 Å². The molecule has 3 rings (SSSR count). The van der Waals surface area contributed by atoms with E-state index in [4.69, 9.17) is 9.47 Å². The van der Waals surface area contributed by atoms with Gasteiger partial charge in [0.15, 0.2) is 0 Å². The molecule has 3 atom stereocenters. The number of benzene rings is 1. The molecule has 136 valence electrons. The summed E-state index contributed by atoms with van der Waals surface area (Å²) in [7, 11) is 1.57. The van der Waals surface area contributed by atoms with Crippen molar-refractivity contribution < 1.29 is 23.5 Å². The lowest BCUT2D eigenvalue weighted by Crippen LogP contribution is -2.39. The standard InChI is InChI=1S/C18H23FN2O4/c1-24-8-6-20-18(23)14-11-21(15-5-7-25-17(14)15)16(22)10-12-3-2-4-13(19)9-12/h2-4,9,14-15,17H,5-8,10-11H2,1H3,(H,20,23)/t14-,15+,17+/m0/s1. The van der Waals surface area contributed by atoms with Crippen LogP contribution >= 0.6 is 0 Å². The van der Waals surface area contributed by atoms with Gasteiger partial charge < -0.3 is 19.7 Å². The maximum atomic E-state index is 13.3. The summed E-state index contributed by atoms with van der Waals surface area (Å²) in [6.45, 7) is 1.75. The number of hydrogen-bond acceptors (Lipinski definition) is 4. The van der Waals surface area contributed by atoms with Crippen molar-refractivity contribution >= 4 is 11.8 Å². The minimum Gasteiger partial charge on any atom is -0.383 e. The van der Waals surface area contributed by atoms with Crippen LogP contribution in [0.1, 0.15) is 12.0 Å². The molecule has 0 radical (unpaired) electrons. The number of nitrogens with one attached hydrogen (secondary N) is 1. The number of carbonyl (C=O) groups excluding carboxylic acids is 2. The van der Waals surface area contributed by atoms with Crippen molar-refractivity contribution in [3.63, 3.8) is 0 Å². The van der Waals surface area contributed by atoms with Gasteiger partial charge in [-0.2, -0.15) is 0 Å². The monoisotopic (exact) mass is 350 g/mol. The molecule has 2 aliphatic heterocycles. The Morgan fingerprint density at radius 2 is 2.28 bits per heavy atom. The normalized spacial score (nSPS) is 25.0. The van der Waals surface area contributed by atoms with Gasteiger partial charge in [-0.3, -0.25) is 9.59 Å². The first-order valence-electron chi connectivity index (χ1n) is 8.52. The number of nitrogens with zero attached hydrogens (tertiary/aromatic N) is 1. The average Bonchev–Trinajstić information content (AvgIpc) is 3.17. The minimum atomic E-state index is -0.374. The van der Waals surface area contributed by atoms with E-state index in [0.29, 0.717) is 31.9 Å². The fourth-order valence-electron chi connectivity index (χ4n) is 3.62. The zero-order valence-electron chi connectivity index (χ0n) is 14.2. The van der Waals surface area contributed by atoms with Crippen LogP contribution in [0.4, 0.5) is 4.39 Å². The van der Waals surface area contributed by atoms with Gasteiger partial charge in [-0.1, -0.05) is 12.1 Å². The third-order valence-electron chi connectivity index (χ3n) is 4.80. The highest BCUT2D eigenvalue weighted by Gasteiger charge is 2.50. The van der Waals surface area contributed by atoms with Gasteiger partial charge in [0.2, 0.25) is 11.8 Å². The van der Waals surface area contributed by atoms with E-state index in [0.717, 1.165) is 6.42 Å². The largest absolute Gasteiger partial charge is 0.383 e. The molecule has 2 amide bonds. The molecule has 7 heteroatoms. The molecule has 0 bridgehead atoms. The van der Waals surface area contributed by atoms with Gasteiger partial charge in [0, 0.05) is 26.8 Å². The number of methoxy groups -OCH3 is 1. The molecule has 25 heavy (non-hydrogen) atoms.